The molecule has 3 saturated heterocycles. The lowest BCUT2D eigenvalue weighted by Crippen LogP contribution is -2.60. The highest BCUT2D eigenvalue weighted by atomic mass is 16.7. The minimum absolute atomic E-state index is 0.133. The summed E-state index contributed by atoms with van der Waals surface area (Å²) in [6, 6.07) is 5.54. The Kier molecular flexibility index (Phi) is 14.1. The fourth-order valence-electron chi connectivity index (χ4n) is 9.34. The third-order valence-corrected chi connectivity index (χ3v) is 12.8. The van der Waals surface area contributed by atoms with Gasteiger partial charge in [0.05, 0.1) is 48.8 Å². The first-order chi connectivity index (χ1) is 28.3. The second kappa shape index (κ2) is 18.6. The molecule has 3 fully saturated rings. The van der Waals surface area contributed by atoms with E-state index in [1.807, 2.05) is 70.1 Å². The van der Waals surface area contributed by atoms with Gasteiger partial charge in [0.15, 0.2) is 12.1 Å². The van der Waals surface area contributed by atoms with Crippen LogP contribution in [0.5, 0.6) is 0 Å². The second-order valence-corrected chi connectivity index (χ2v) is 17.8. The van der Waals surface area contributed by atoms with Crippen molar-refractivity contribution < 1.29 is 53.1 Å². The van der Waals surface area contributed by atoms with Crippen molar-refractivity contribution in [3.05, 3.63) is 36.0 Å². The summed E-state index contributed by atoms with van der Waals surface area (Å²) in [5.74, 6) is -5.43. The molecule has 4 aliphatic rings. The van der Waals surface area contributed by atoms with Gasteiger partial charge in [-0.15, -0.1) is 0 Å². The summed E-state index contributed by atoms with van der Waals surface area (Å²) in [5.41, 5.74) is -0.799. The topological polar surface area (TPSA) is 204 Å². The Morgan fingerprint density at radius 3 is 2.53 bits per heavy atom. The van der Waals surface area contributed by atoms with Crippen LogP contribution < -0.4 is 0 Å². The first kappa shape index (κ1) is 45.6. The summed E-state index contributed by atoms with van der Waals surface area (Å²) in [7, 11) is 3.74. The number of carbonyl (C=O) groups is 3. The number of carbonyl (C=O) groups excluding carboxylic acids is 3. The van der Waals surface area contributed by atoms with E-state index in [-0.39, 0.29) is 50.3 Å². The van der Waals surface area contributed by atoms with Gasteiger partial charge < -0.3 is 43.6 Å². The highest BCUT2D eigenvalue weighted by molar-refractivity contribution is 6.01. The molecule has 4 bridgehead atoms. The van der Waals surface area contributed by atoms with Crippen LogP contribution in [-0.4, -0.2) is 142 Å². The van der Waals surface area contributed by atoms with Crippen molar-refractivity contribution in [2.24, 2.45) is 33.8 Å². The molecule has 5 heterocycles. The maximum atomic E-state index is 14.5. The van der Waals surface area contributed by atoms with Gasteiger partial charge in [-0.1, -0.05) is 57.1 Å². The third-order valence-electron chi connectivity index (χ3n) is 12.8. The number of Topliss-reactive ketones (excluding diaryl/α,β-unsaturated/α-hetero) is 1. The molecule has 3 N–H and O–H groups in total. The van der Waals surface area contributed by atoms with E-state index < -0.39 is 89.3 Å². The molecular weight excluding hydrogens is 775 g/mol. The number of ketones is 1. The molecule has 6 rings (SSSR count). The van der Waals surface area contributed by atoms with E-state index in [2.05, 4.69) is 15.4 Å². The molecule has 0 saturated carbocycles. The minimum Gasteiger partial charge on any atom is -0.459 e. The maximum absolute atomic E-state index is 14.5. The van der Waals surface area contributed by atoms with Crippen molar-refractivity contribution in [3.63, 3.8) is 0 Å². The Labute approximate surface area is 352 Å². The van der Waals surface area contributed by atoms with Gasteiger partial charge in [-0.25, -0.2) is 4.99 Å². The molecule has 2 aromatic rings. The van der Waals surface area contributed by atoms with Crippen molar-refractivity contribution in [2.75, 3.05) is 27.3 Å². The first-order valence-electron chi connectivity index (χ1n) is 21.2. The molecule has 16 nitrogen and oxygen atoms in total. The van der Waals surface area contributed by atoms with E-state index in [9.17, 15) is 24.6 Å². The van der Waals surface area contributed by atoms with Crippen LogP contribution in [0, 0.1) is 23.7 Å². The van der Waals surface area contributed by atoms with E-state index in [0.717, 1.165) is 16.5 Å². The highest BCUT2D eigenvalue weighted by Crippen LogP contribution is 2.40. The van der Waals surface area contributed by atoms with Crippen molar-refractivity contribution >= 4 is 46.1 Å². The van der Waals surface area contributed by atoms with Gasteiger partial charge in [0.1, 0.15) is 29.4 Å². The van der Waals surface area contributed by atoms with E-state index >= 15 is 0 Å². The molecule has 4 aliphatic heterocycles. The number of rotatable bonds is 7. The normalized spacial score (nSPS) is 39.7. The van der Waals surface area contributed by atoms with Gasteiger partial charge in [-0.2, -0.15) is 5.10 Å². The predicted octanol–water partition coefficient (Wildman–Crippen LogP) is 4.26. The SMILES string of the molecule is CC[C@H]1OC(=O)[C@H](C)C(=O)[C@H](C)[C@@H](O[C@@H]2O[C@H](C)C[C@H](N(C)C)[C@H]2O)[C@@]2(C)C[C@@H](C)C3=NC(=O)C(C/C=C/c4ccc5cn[nH]c5c4)O/N=C(\CO[C@@H]([C@@H]3C)[C@]1(C)O)CO2. The molecular formula is C44H63N5O11. The highest BCUT2D eigenvalue weighted by Gasteiger charge is 2.53. The Balaban J connectivity index is 1.46. The van der Waals surface area contributed by atoms with Crippen molar-refractivity contribution in [2.45, 2.75) is 141 Å². The number of aromatic amines is 1. The van der Waals surface area contributed by atoms with Crippen LogP contribution in [0.15, 0.2) is 40.6 Å². The van der Waals surface area contributed by atoms with E-state index in [1.165, 1.54) is 13.8 Å². The number of H-pyrrole nitrogens is 1. The van der Waals surface area contributed by atoms with Crippen LogP contribution in [0.2, 0.25) is 0 Å². The number of cyclic esters (lactones) is 1. The Morgan fingerprint density at radius 2 is 1.82 bits per heavy atom. The maximum Gasteiger partial charge on any atom is 0.316 e. The lowest BCUT2D eigenvalue weighted by molar-refractivity contribution is -0.296. The molecule has 0 radical (unpaired) electrons. The number of aliphatic imine (C=N–C) groups is 1. The average molecular weight is 838 g/mol. The molecule has 1 unspecified atom stereocenters. The summed E-state index contributed by atoms with van der Waals surface area (Å²) >= 11 is 0. The van der Waals surface area contributed by atoms with Gasteiger partial charge in [0.25, 0.3) is 5.91 Å². The summed E-state index contributed by atoms with van der Waals surface area (Å²) in [5, 5.41) is 36.5. The number of hydrogen-bond acceptors (Lipinski definition) is 14. The van der Waals surface area contributed by atoms with Crippen LogP contribution in [0.4, 0.5) is 0 Å². The molecule has 1 aromatic carbocycles. The quantitative estimate of drug-likeness (QED) is 0.264. The van der Waals surface area contributed by atoms with E-state index in [0.29, 0.717) is 12.1 Å². The first-order valence-corrected chi connectivity index (χ1v) is 21.2. The Hall–Kier alpha value is -3.90. The summed E-state index contributed by atoms with van der Waals surface area (Å²) in [6.07, 6.45) is -0.513. The number of benzene rings is 1. The molecule has 1 amide bonds. The predicted molar refractivity (Wildman–Crippen MR) is 223 cm³/mol. The Bertz CT molecular complexity index is 1960. The van der Waals surface area contributed by atoms with Gasteiger partial charge in [0.2, 0.25) is 6.10 Å². The van der Waals surface area contributed by atoms with E-state index in [4.69, 9.17) is 33.5 Å². The van der Waals surface area contributed by atoms with E-state index in [1.54, 1.807) is 27.0 Å². The zero-order valence-electron chi connectivity index (χ0n) is 36.5. The van der Waals surface area contributed by atoms with Gasteiger partial charge in [0, 0.05) is 35.4 Å². The molecule has 16 heteroatoms. The monoisotopic (exact) mass is 837 g/mol. The molecule has 60 heavy (non-hydrogen) atoms. The number of aliphatic hydroxyl groups excluding tert-OH is 1. The van der Waals surface area contributed by atoms with Crippen molar-refractivity contribution in [1.29, 1.82) is 0 Å². The molecule has 0 aliphatic carbocycles. The van der Waals surface area contributed by atoms with Crippen LogP contribution in [0.1, 0.15) is 86.6 Å². The van der Waals surface area contributed by atoms with Crippen LogP contribution in [0.3, 0.4) is 0 Å². The van der Waals surface area contributed by atoms with Crippen LogP contribution >= 0.6 is 0 Å². The number of aliphatic hydroxyl groups is 2. The number of nitrogens with zero attached hydrogens (tertiary/aromatic N) is 4. The number of amides is 1. The summed E-state index contributed by atoms with van der Waals surface area (Å²) in [6.45, 7) is 13.5. The number of esters is 1. The van der Waals surface area contributed by atoms with Crippen molar-refractivity contribution in [1.82, 2.24) is 15.1 Å². The average Bonchev–Trinajstić information content (AvgIpc) is 3.66. The lowest BCUT2D eigenvalue weighted by Gasteiger charge is -2.47. The van der Waals surface area contributed by atoms with Crippen LogP contribution in [-0.2, 0) is 42.9 Å². The number of nitrogens with one attached hydrogen (secondary N) is 1. The van der Waals surface area contributed by atoms with Crippen LogP contribution in [0.25, 0.3) is 17.0 Å². The number of fused-ring (bicyclic) bond motifs is 5. The number of likely N-dealkylation sites (N-methyl/N-ethyl adjacent to an activating group) is 1. The van der Waals surface area contributed by atoms with Gasteiger partial charge in [-0.05, 0) is 78.6 Å². The standard InChI is InChI=1S/C44H63N5O11/c1-11-34-44(8,54)39-25(4)35-23(2)19-43(7,38(26(5)36(50)27(6)41(53)58-34)59-42-37(51)32(49(9)10)17-24(3)57-42)56-22-30(21-55-39)48-60-33(40(52)46-35)14-12-13-28-15-16-29-20-45-47-31(29)18-28/h12-13,15-16,18,20,23-27,32-34,37-39,42,51,54H,11,14,17,19,21-22H2,1-10H3,(H,45,47)/b13-12+,46-35?,48-30+/t23-,24-,25-,26+,27-,32+,33?,34-,37-,38-,39+,42+,43-,44-/m1/s1. The van der Waals surface area contributed by atoms with Crippen molar-refractivity contribution in [3.8, 4) is 0 Å². The number of hydrogen-bond donors (Lipinski definition) is 3. The largest absolute Gasteiger partial charge is 0.459 e. The molecule has 1 aromatic heterocycles. The Morgan fingerprint density at radius 1 is 1.07 bits per heavy atom. The zero-order valence-corrected chi connectivity index (χ0v) is 36.5. The van der Waals surface area contributed by atoms with Gasteiger partial charge >= 0.3 is 5.97 Å². The molecule has 330 valence electrons. The summed E-state index contributed by atoms with van der Waals surface area (Å²) < 4.78 is 32.4. The van der Waals surface area contributed by atoms with Gasteiger partial charge in [-0.3, -0.25) is 19.5 Å². The fourth-order valence-corrected chi connectivity index (χ4v) is 9.34. The lowest BCUT2D eigenvalue weighted by atomic mass is 9.73. The molecule has 14 atom stereocenters. The zero-order chi connectivity index (χ0) is 43.7. The second-order valence-electron chi connectivity index (χ2n) is 17.8. The number of oxime groups is 1. The molecule has 0 spiro atoms. The third kappa shape index (κ3) is 9.59. The minimum atomic E-state index is -1.83. The number of ether oxygens (including phenoxy) is 5. The number of aromatic nitrogens is 2. The fraction of sp³-hybridized carbons (Fsp3) is 0.682. The smallest absolute Gasteiger partial charge is 0.316 e. The summed E-state index contributed by atoms with van der Waals surface area (Å²) in [4.78, 5) is 55.4.